The maximum absolute atomic E-state index is 12.4. The molecule has 112 valence electrons. The number of hydrogen-bond donors (Lipinski definition) is 2. The van der Waals surface area contributed by atoms with E-state index in [1.54, 1.807) is 6.07 Å². The first-order valence-corrected chi connectivity index (χ1v) is 8.31. The number of hydrogen-bond acceptors (Lipinski definition) is 4. The Kier molecular flexibility index (Phi) is 5.04. The van der Waals surface area contributed by atoms with Crippen molar-refractivity contribution in [2.75, 3.05) is 6.61 Å². The smallest absolute Gasteiger partial charge is 0.242 e. The van der Waals surface area contributed by atoms with Crippen LogP contribution in [0.15, 0.2) is 23.1 Å². The lowest BCUT2D eigenvalue weighted by molar-refractivity contribution is 0.0173. The topological polar surface area (TPSA) is 75.6 Å². The number of aliphatic hydroxyl groups is 1. The van der Waals surface area contributed by atoms with Gasteiger partial charge in [0.1, 0.15) is 4.90 Å². The molecular formula is C13H18ClNO4S. The van der Waals surface area contributed by atoms with Gasteiger partial charge in [0.2, 0.25) is 10.0 Å². The summed E-state index contributed by atoms with van der Waals surface area (Å²) in [5.74, 6) is 0. The number of nitrogens with one attached hydrogen (secondary N) is 1. The molecule has 1 aliphatic heterocycles. The summed E-state index contributed by atoms with van der Waals surface area (Å²) in [5.41, 5.74) is 0.509. The van der Waals surface area contributed by atoms with Crippen molar-refractivity contribution in [2.24, 2.45) is 0 Å². The first kappa shape index (κ1) is 15.7. The molecule has 0 spiro atoms. The average Bonchev–Trinajstić information content (AvgIpc) is 2.38. The van der Waals surface area contributed by atoms with Crippen molar-refractivity contribution in [3.8, 4) is 0 Å². The Hall–Kier alpha value is -0.660. The second kappa shape index (κ2) is 6.41. The van der Waals surface area contributed by atoms with Gasteiger partial charge in [0.25, 0.3) is 0 Å². The molecule has 2 atom stereocenters. The summed E-state index contributed by atoms with van der Waals surface area (Å²) in [7, 11) is -3.70. The molecule has 1 aromatic carbocycles. The predicted molar refractivity (Wildman–Crippen MR) is 76.1 cm³/mol. The van der Waals surface area contributed by atoms with Gasteiger partial charge in [-0.25, -0.2) is 13.1 Å². The Labute approximate surface area is 124 Å². The van der Waals surface area contributed by atoms with Gasteiger partial charge in [0, 0.05) is 12.6 Å². The third kappa shape index (κ3) is 3.71. The fraction of sp³-hybridized carbons (Fsp3) is 0.538. The van der Waals surface area contributed by atoms with Gasteiger partial charge in [0.05, 0.1) is 17.7 Å². The van der Waals surface area contributed by atoms with Crippen LogP contribution in [0.3, 0.4) is 0 Å². The zero-order valence-corrected chi connectivity index (χ0v) is 12.7. The monoisotopic (exact) mass is 319 g/mol. The van der Waals surface area contributed by atoms with Crippen LogP contribution in [0.5, 0.6) is 0 Å². The number of sulfonamides is 1. The molecule has 0 aromatic heterocycles. The maximum Gasteiger partial charge on any atom is 0.242 e. The fourth-order valence-corrected chi connectivity index (χ4v) is 4.07. The van der Waals surface area contributed by atoms with Crippen molar-refractivity contribution in [3.05, 3.63) is 28.8 Å². The summed E-state index contributed by atoms with van der Waals surface area (Å²) in [5, 5.41) is 9.25. The van der Waals surface area contributed by atoms with Gasteiger partial charge < -0.3 is 9.84 Å². The quantitative estimate of drug-likeness (QED) is 0.885. The largest absolute Gasteiger partial charge is 0.392 e. The van der Waals surface area contributed by atoms with Crippen molar-refractivity contribution >= 4 is 21.6 Å². The summed E-state index contributed by atoms with van der Waals surface area (Å²) < 4.78 is 32.8. The Morgan fingerprint density at radius 2 is 2.25 bits per heavy atom. The molecule has 0 aliphatic carbocycles. The van der Waals surface area contributed by atoms with Gasteiger partial charge in [-0.15, -0.1) is 0 Å². The summed E-state index contributed by atoms with van der Waals surface area (Å²) in [4.78, 5) is 0.00450. The van der Waals surface area contributed by atoms with E-state index in [1.807, 2.05) is 6.92 Å². The fourth-order valence-electron chi connectivity index (χ4n) is 2.24. The zero-order chi connectivity index (χ0) is 14.8. The molecular weight excluding hydrogens is 302 g/mol. The van der Waals surface area contributed by atoms with Crippen LogP contribution in [-0.2, 0) is 21.4 Å². The number of ether oxygens (including phenoxy) is 1. The van der Waals surface area contributed by atoms with E-state index in [0.717, 1.165) is 0 Å². The molecule has 7 heteroatoms. The van der Waals surface area contributed by atoms with Crippen molar-refractivity contribution in [1.82, 2.24) is 4.72 Å². The van der Waals surface area contributed by atoms with E-state index in [4.69, 9.17) is 21.4 Å². The highest BCUT2D eigenvalue weighted by Gasteiger charge is 2.26. The SMILES string of the molecule is CC1CC(NS(=O)(=O)c2cc(CO)ccc2Cl)CCO1. The molecule has 1 saturated heterocycles. The second-order valence-electron chi connectivity index (χ2n) is 4.95. The molecule has 0 bridgehead atoms. The van der Waals surface area contributed by atoms with Crippen molar-refractivity contribution in [1.29, 1.82) is 0 Å². The van der Waals surface area contributed by atoms with E-state index in [0.29, 0.717) is 25.0 Å². The van der Waals surface area contributed by atoms with Crippen LogP contribution in [0, 0.1) is 0 Å². The van der Waals surface area contributed by atoms with Gasteiger partial charge in [-0.05, 0) is 37.5 Å². The number of halogens is 1. The summed E-state index contributed by atoms with van der Waals surface area (Å²) in [6.07, 6.45) is 1.31. The number of aliphatic hydroxyl groups excluding tert-OH is 1. The Bertz CT molecular complexity index is 576. The third-order valence-corrected chi connectivity index (χ3v) is 5.28. The van der Waals surface area contributed by atoms with Gasteiger partial charge in [0.15, 0.2) is 0 Å². The lowest BCUT2D eigenvalue weighted by Crippen LogP contribution is -2.41. The molecule has 1 fully saturated rings. The minimum absolute atomic E-state index is 0.00450. The Morgan fingerprint density at radius 3 is 2.90 bits per heavy atom. The number of rotatable bonds is 4. The van der Waals surface area contributed by atoms with Crippen LogP contribution in [0.4, 0.5) is 0 Å². The van der Waals surface area contributed by atoms with Gasteiger partial charge in [-0.2, -0.15) is 0 Å². The van der Waals surface area contributed by atoms with E-state index in [1.165, 1.54) is 12.1 Å². The van der Waals surface area contributed by atoms with E-state index in [-0.39, 0.29) is 28.7 Å². The summed E-state index contributed by atoms with van der Waals surface area (Å²) in [6, 6.07) is 4.32. The lowest BCUT2D eigenvalue weighted by Gasteiger charge is -2.27. The van der Waals surface area contributed by atoms with E-state index >= 15 is 0 Å². The lowest BCUT2D eigenvalue weighted by atomic mass is 10.1. The third-order valence-electron chi connectivity index (χ3n) is 3.27. The highest BCUT2D eigenvalue weighted by molar-refractivity contribution is 7.89. The van der Waals surface area contributed by atoms with Crippen LogP contribution in [0.25, 0.3) is 0 Å². The molecule has 2 N–H and O–H groups in total. The van der Waals surface area contributed by atoms with E-state index in [9.17, 15) is 8.42 Å². The van der Waals surface area contributed by atoms with Crippen LogP contribution in [0.2, 0.25) is 5.02 Å². The second-order valence-corrected chi connectivity index (χ2v) is 7.04. The standard InChI is InChI=1S/C13H18ClNO4S/c1-9-6-11(4-5-19-9)15-20(17,18)13-7-10(8-16)2-3-12(13)14/h2-3,7,9,11,15-16H,4-6,8H2,1H3. The zero-order valence-electron chi connectivity index (χ0n) is 11.2. The molecule has 0 amide bonds. The minimum atomic E-state index is -3.70. The summed E-state index contributed by atoms with van der Waals surface area (Å²) in [6.45, 7) is 2.23. The molecule has 0 saturated carbocycles. The van der Waals surface area contributed by atoms with Crippen molar-refractivity contribution < 1.29 is 18.3 Å². The first-order valence-electron chi connectivity index (χ1n) is 6.45. The van der Waals surface area contributed by atoms with Crippen molar-refractivity contribution in [3.63, 3.8) is 0 Å². The van der Waals surface area contributed by atoms with Crippen LogP contribution in [0.1, 0.15) is 25.3 Å². The van der Waals surface area contributed by atoms with Crippen molar-refractivity contribution in [2.45, 2.75) is 43.4 Å². The molecule has 0 radical (unpaired) electrons. The highest BCUT2D eigenvalue weighted by atomic mass is 35.5. The van der Waals surface area contributed by atoms with Crippen LogP contribution in [-0.4, -0.2) is 32.3 Å². The van der Waals surface area contributed by atoms with Gasteiger partial charge in [-0.1, -0.05) is 17.7 Å². The molecule has 20 heavy (non-hydrogen) atoms. The minimum Gasteiger partial charge on any atom is -0.392 e. The normalized spacial score (nSPS) is 23.8. The number of benzene rings is 1. The Morgan fingerprint density at radius 1 is 1.50 bits per heavy atom. The molecule has 1 aromatic rings. The van der Waals surface area contributed by atoms with E-state index < -0.39 is 10.0 Å². The highest BCUT2D eigenvalue weighted by Crippen LogP contribution is 2.24. The summed E-state index contributed by atoms with van der Waals surface area (Å²) >= 11 is 5.96. The maximum atomic E-state index is 12.4. The molecule has 2 rings (SSSR count). The Balaban J connectivity index is 2.21. The predicted octanol–water partition coefficient (Wildman–Crippen LogP) is 1.68. The average molecular weight is 320 g/mol. The van der Waals surface area contributed by atoms with Gasteiger partial charge >= 0.3 is 0 Å². The van der Waals surface area contributed by atoms with Crippen LogP contribution < -0.4 is 4.72 Å². The first-order chi connectivity index (χ1) is 9.42. The molecule has 1 aliphatic rings. The molecule has 5 nitrogen and oxygen atoms in total. The molecule has 2 unspecified atom stereocenters. The molecule has 1 heterocycles. The van der Waals surface area contributed by atoms with E-state index in [2.05, 4.69) is 4.72 Å². The van der Waals surface area contributed by atoms with Gasteiger partial charge in [-0.3, -0.25) is 0 Å². The van der Waals surface area contributed by atoms with Crippen LogP contribution >= 0.6 is 11.6 Å².